The summed E-state index contributed by atoms with van der Waals surface area (Å²) in [6.07, 6.45) is 4.43. The lowest BCUT2D eigenvalue weighted by Crippen LogP contribution is -2.46. The lowest BCUT2D eigenvalue weighted by atomic mass is 10.2. The highest BCUT2D eigenvalue weighted by atomic mass is 15.3. The van der Waals surface area contributed by atoms with Crippen LogP contribution >= 0.6 is 0 Å². The molecule has 1 aliphatic rings. The van der Waals surface area contributed by atoms with Crippen LogP contribution in [0, 0.1) is 0 Å². The molecule has 2 aromatic carbocycles. The normalized spacial score (nSPS) is 15.8. The maximum Gasteiger partial charge on any atom is 0.0958 e. The molecule has 0 N–H and O–H groups in total. The Balaban J connectivity index is 1.20. The molecule has 3 aromatic rings. The standard InChI is InChI=1S/C21H26N4/c1-2-8-19(9-3-1)24-16-14-23(15-17-24)12-6-7-13-25-18-22-20-10-4-5-11-21(20)25/h1-5,8-11,18H,6-7,12-17H2. The second-order valence-corrected chi connectivity index (χ2v) is 6.80. The first kappa shape index (κ1) is 16.2. The SMILES string of the molecule is c1ccc(N2CCN(CCCCn3cnc4ccccc43)CC2)cc1. The third kappa shape index (κ3) is 3.85. The maximum atomic E-state index is 4.47. The molecule has 0 radical (unpaired) electrons. The van der Waals surface area contributed by atoms with E-state index in [1.165, 1.54) is 43.7 Å². The lowest BCUT2D eigenvalue weighted by Gasteiger charge is -2.36. The van der Waals surface area contributed by atoms with Crippen molar-refractivity contribution in [1.29, 1.82) is 0 Å². The second-order valence-electron chi connectivity index (χ2n) is 6.80. The van der Waals surface area contributed by atoms with Gasteiger partial charge in [0.05, 0.1) is 17.4 Å². The molecule has 1 aromatic heterocycles. The quantitative estimate of drug-likeness (QED) is 0.643. The van der Waals surface area contributed by atoms with E-state index in [1.54, 1.807) is 0 Å². The molecule has 0 amide bonds. The predicted octanol–water partition coefficient (Wildman–Crippen LogP) is 3.64. The molecule has 0 bridgehead atoms. The number of rotatable bonds is 6. The average molecular weight is 334 g/mol. The van der Waals surface area contributed by atoms with Gasteiger partial charge in [-0.3, -0.25) is 4.90 Å². The van der Waals surface area contributed by atoms with E-state index in [1.807, 2.05) is 6.33 Å². The second kappa shape index (κ2) is 7.70. The number of fused-ring (bicyclic) bond motifs is 1. The Bertz CT molecular complexity index is 788. The fourth-order valence-corrected chi connectivity index (χ4v) is 3.67. The van der Waals surface area contributed by atoms with Gasteiger partial charge in [-0.1, -0.05) is 30.3 Å². The number of hydrogen-bond acceptors (Lipinski definition) is 3. The molecule has 0 spiro atoms. The minimum atomic E-state index is 1.06. The Kier molecular flexibility index (Phi) is 4.98. The minimum Gasteiger partial charge on any atom is -0.369 e. The first-order valence-corrected chi connectivity index (χ1v) is 9.32. The Hall–Kier alpha value is -2.33. The monoisotopic (exact) mass is 334 g/mol. The maximum absolute atomic E-state index is 4.47. The zero-order chi connectivity index (χ0) is 16.9. The van der Waals surface area contributed by atoms with Crippen molar-refractivity contribution in [3.63, 3.8) is 0 Å². The third-order valence-corrected chi connectivity index (χ3v) is 5.14. The summed E-state index contributed by atoms with van der Waals surface area (Å²) in [5.41, 5.74) is 3.70. The zero-order valence-corrected chi connectivity index (χ0v) is 14.7. The van der Waals surface area contributed by atoms with Crippen LogP contribution in [0.5, 0.6) is 0 Å². The van der Waals surface area contributed by atoms with Crippen LogP contribution in [0.25, 0.3) is 11.0 Å². The number of piperazine rings is 1. The fraction of sp³-hybridized carbons (Fsp3) is 0.381. The molecule has 4 heteroatoms. The van der Waals surface area contributed by atoms with Crippen molar-refractivity contribution >= 4 is 16.7 Å². The van der Waals surface area contributed by atoms with Gasteiger partial charge in [-0.25, -0.2) is 4.98 Å². The van der Waals surface area contributed by atoms with Crippen molar-refractivity contribution in [1.82, 2.24) is 14.5 Å². The van der Waals surface area contributed by atoms with Gasteiger partial charge in [-0.15, -0.1) is 0 Å². The number of anilines is 1. The Labute approximate surface area is 149 Å². The van der Waals surface area contributed by atoms with Crippen molar-refractivity contribution in [2.24, 2.45) is 0 Å². The summed E-state index contributed by atoms with van der Waals surface area (Å²) in [5.74, 6) is 0. The summed E-state index contributed by atoms with van der Waals surface area (Å²) in [6.45, 7) is 6.87. The minimum absolute atomic E-state index is 1.06. The van der Waals surface area contributed by atoms with Gasteiger partial charge in [0.15, 0.2) is 0 Å². The number of benzene rings is 2. The van der Waals surface area contributed by atoms with Crippen molar-refractivity contribution in [3.8, 4) is 0 Å². The summed E-state index contributed by atoms with van der Waals surface area (Å²) in [6, 6.07) is 19.1. The van der Waals surface area contributed by atoms with E-state index in [0.717, 1.165) is 25.2 Å². The number of aryl methyl sites for hydroxylation is 1. The molecule has 2 heterocycles. The third-order valence-electron chi connectivity index (χ3n) is 5.14. The Morgan fingerprint density at radius 1 is 0.760 bits per heavy atom. The van der Waals surface area contributed by atoms with E-state index < -0.39 is 0 Å². The fourth-order valence-electron chi connectivity index (χ4n) is 3.67. The van der Waals surface area contributed by atoms with Crippen molar-refractivity contribution < 1.29 is 0 Å². The molecule has 1 saturated heterocycles. The Morgan fingerprint density at radius 2 is 1.48 bits per heavy atom. The van der Waals surface area contributed by atoms with Crippen LogP contribution < -0.4 is 4.90 Å². The first-order valence-electron chi connectivity index (χ1n) is 9.32. The van der Waals surface area contributed by atoms with Crippen LogP contribution in [0.1, 0.15) is 12.8 Å². The number of imidazole rings is 1. The van der Waals surface area contributed by atoms with E-state index in [2.05, 4.69) is 73.9 Å². The van der Waals surface area contributed by atoms with Crippen molar-refractivity contribution in [3.05, 3.63) is 60.9 Å². The molecule has 4 rings (SSSR count). The molecular weight excluding hydrogens is 308 g/mol. The van der Waals surface area contributed by atoms with Gasteiger partial charge >= 0.3 is 0 Å². The molecule has 130 valence electrons. The van der Waals surface area contributed by atoms with Crippen LogP contribution in [-0.4, -0.2) is 47.2 Å². The summed E-state index contributed by atoms with van der Waals surface area (Å²) >= 11 is 0. The molecule has 4 nitrogen and oxygen atoms in total. The summed E-state index contributed by atoms with van der Waals surface area (Å²) in [7, 11) is 0. The summed E-state index contributed by atoms with van der Waals surface area (Å²) in [5, 5.41) is 0. The van der Waals surface area contributed by atoms with Gasteiger partial charge in [0.25, 0.3) is 0 Å². The van der Waals surface area contributed by atoms with Crippen molar-refractivity contribution in [2.45, 2.75) is 19.4 Å². The van der Waals surface area contributed by atoms with Gasteiger partial charge in [0.1, 0.15) is 0 Å². The number of aromatic nitrogens is 2. The smallest absolute Gasteiger partial charge is 0.0958 e. The summed E-state index contributed by atoms with van der Waals surface area (Å²) < 4.78 is 2.28. The molecule has 25 heavy (non-hydrogen) atoms. The van der Waals surface area contributed by atoms with Gasteiger partial charge < -0.3 is 9.47 Å². The topological polar surface area (TPSA) is 24.3 Å². The number of nitrogens with zero attached hydrogens (tertiary/aromatic N) is 4. The van der Waals surface area contributed by atoms with Crippen LogP contribution in [0.2, 0.25) is 0 Å². The summed E-state index contributed by atoms with van der Waals surface area (Å²) in [4.78, 5) is 9.57. The van der Waals surface area contributed by atoms with E-state index in [9.17, 15) is 0 Å². The highest BCUT2D eigenvalue weighted by Crippen LogP contribution is 2.16. The van der Waals surface area contributed by atoms with Gasteiger partial charge in [-0.2, -0.15) is 0 Å². The molecule has 0 atom stereocenters. The highest BCUT2D eigenvalue weighted by molar-refractivity contribution is 5.74. The van der Waals surface area contributed by atoms with E-state index in [0.29, 0.717) is 0 Å². The predicted molar refractivity (Wildman–Crippen MR) is 104 cm³/mol. The molecule has 1 aliphatic heterocycles. The van der Waals surface area contributed by atoms with Gasteiger partial charge in [0, 0.05) is 38.4 Å². The molecule has 0 aliphatic carbocycles. The van der Waals surface area contributed by atoms with Crippen LogP contribution in [0.3, 0.4) is 0 Å². The van der Waals surface area contributed by atoms with Crippen LogP contribution in [-0.2, 0) is 6.54 Å². The lowest BCUT2D eigenvalue weighted by molar-refractivity contribution is 0.251. The highest BCUT2D eigenvalue weighted by Gasteiger charge is 2.16. The molecule has 0 saturated carbocycles. The van der Waals surface area contributed by atoms with E-state index in [-0.39, 0.29) is 0 Å². The van der Waals surface area contributed by atoms with Gasteiger partial charge in [0.2, 0.25) is 0 Å². The molecule has 0 unspecified atom stereocenters. The van der Waals surface area contributed by atoms with Crippen LogP contribution in [0.4, 0.5) is 5.69 Å². The average Bonchev–Trinajstić information content (AvgIpc) is 3.10. The molecule has 1 fully saturated rings. The Morgan fingerprint density at radius 3 is 2.32 bits per heavy atom. The van der Waals surface area contributed by atoms with Crippen LogP contribution in [0.15, 0.2) is 60.9 Å². The van der Waals surface area contributed by atoms with E-state index >= 15 is 0 Å². The van der Waals surface area contributed by atoms with E-state index in [4.69, 9.17) is 0 Å². The number of unbranched alkanes of at least 4 members (excludes halogenated alkanes) is 1. The van der Waals surface area contributed by atoms with Crippen molar-refractivity contribution in [2.75, 3.05) is 37.6 Å². The largest absolute Gasteiger partial charge is 0.369 e. The molecular formula is C21H26N4. The zero-order valence-electron chi connectivity index (χ0n) is 14.7. The first-order chi connectivity index (χ1) is 12.4. The number of para-hydroxylation sites is 3. The van der Waals surface area contributed by atoms with Gasteiger partial charge in [-0.05, 0) is 43.7 Å². The number of hydrogen-bond donors (Lipinski definition) is 0.